The molecule has 0 unspecified atom stereocenters. The summed E-state index contributed by atoms with van der Waals surface area (Å²) in [6.45, 7) is 11.6. The zero-order chi connectivity index (χ0) is 12.8. The Morgan fingerprint density at radius 2 is 1.94 bits per heavy atom. The second-order valence-corrected chi connectivity index (χ2v) is 5.18. The molecule has 0 aliphatic carbocycles. The van der Waals surface area contributed by atoms with E-state index in [0.717, 1.165) is 12.1 Å². The number of hydrogen-bond donors (Lipinski definition) is 0. The van der Waals surface area contributed by atoms with E-state index in [4.69, 9.17) is 4.74 Å². The third kappa shape index (κ3) is 8.21. The van der Waals surface area contributed by atoms with E-state index in [-0.39, 0.29) is 0 Å². The lowest BCUT2D eigenvalue weighted by atomic mass is 10.1. The predicted octanol–water partition coefficient (Wildman–Crippen LogP) is 3.98. The predicted molar refractivity (Wildman–Crippen MR) is 67.9 cm³/mol. The average molecular weight is 225 g/mol. The quantitative estimate of drug-likeness (QED) is 0.681. The Balaban J connectivity index is 4.59. The fourth-order valence-corrected chi connectivity index (χ4v) is 1.16. The Morgan fingerprint density at radius 1 is 1.38 bits per heavy atom. The van der Waals surface area contributed by atoms with Crippen LogP contribution < -0.4 is 0 Å². The number of carbonyl (C=O) groups excluding carboxylic acids is 1. The second kappa shape index (κ2) is 6.46. The molecule has 0 radical (unpaired) electrons. The van der Waals surface area contributed by atoms with Gasteiger partial charge in [-0.25, -0.2) is 4.79 Å². The van der Waals surface area contributed by atoms with Gasteiger partial charge in [0.25, 0.3) is 0 Å². The summed E-state index contributed by atoms with van der Waals surface area (Å²) in [4.78, 5) is 15.4. The van der Waals surface area contributed by atoms with Crippen LogP contribution in [0.3, 0.4) is 0 Å². The third-order valence-electron chi connectivity index (χ3n) is 1.60. The van der Waals surface area contributed by atoms with Crippen molar-refractivity contribution in [2.24, 2.45) is 10.9 Å². The van der Waals surface area contributed by atoms with Gasteiger partial charge in [0.1, 0.15) is 5.60 Å². The normalized spacial score (nSPS) is 13.6. The van der Waals surface area contributed by atoms with Crippen LogP contribution in [0.2, 0.25) is 0 Å². The zero-order valence-corrected chi connectivity index (χ0v) is 11.2. The minimum Gasteiger partial charge on any atom is -0.442 e. The summed E-state index contributed by atoms with van der Waals surface area (Å²) in [7, 11) is 0. The lowest BCUT2D eigenvalue weighted by Gasteiger charge is -2.17. The first-order valence-corrected chi connectivity index (χ1v) is 5.68. The van der Waals surface area contributed by atoms with E-state index in [1.165, 1.54) is 0 Å². The van der Waals surface area contributed by atoms with Crippen molar-refractivity contribution in [3.63, 3.8) is 0 Å². The van der Waals surface area contributed by atoms with Crippen molar-refractivity contribution in [2.45, 2.75) is 53.6 Å². The Labute approximate surface area is 98.6 Å². The number of rotatable bonds is 3. The van der Waals surface area contributed by atoms with Gasteiger partial charge in [0.2, 0.25) is 0 Å². The molecule has 0 aliphatic rings. The van der Waals surface area contributed by atoms with Crippen LogP contribution in [-0.4, -0.2) is 17.4 Å². The Hall–Kier alpha value is -1.12. The molecule has 92 valence electrons. The SMILES string of the molecule is C/C=C\C(CC(C)C)=NC(=O)OC(C)(C)C. The molecule has 0 rings (SSSR count). The highest BCUT2D eigenvalue weighted by atomic mass is 16.6. The molecule has 3 heteroatoms. The van der Waals surface area contributed by atoms with Gasteiger partial charge < -0.3 is 4.74 Å². The largest absolute Gasteiger partial charge is 0.442 e. The van der Waals surface area contributed by atoms with Gasteiger partial charge in [0.05, 0.1) is 0 Å². The van der Waals surface area contributed by atoms with Gasteiger partial charge in [-0.1, -0.05) is 19.9 Å². The molecule has 16 heavy (non-hydrogen) atoms. The Morgan fingerprint density at radius 3 is 2.31 bits per heavy atom. The molecule has 0 fully saturated rings. The zero-order valence-electron chi connectivity index (χ0n) is 11.2. The fourth-order valence-electron chi connectivity index (χ4n) is 1.16. The number of nitrogens with zero attached hydrogens (tertiary/aromatic N) is 1. The van der Waals surface area contributed by atoms with Crippen LogP contribution in [-0.2, 0) is 4.74 Å². The van der Waals surface area contributed by atoms with E-state index in [1.807, 2.05) is 39.8 Å². The van der Waals surface area contributed by atoms with Crippen LogP contribution >= 0.6 is 0 Å². The van der Waals surface area contributed by atoms with Gasteiger partial charge in [-0.15, -0.1) is 0 Å². The molecule has 0 aromatic rings. The molecule has 0 aromatic carbocycles. The molecule has 0 saturated carbocycles. The van der Waals surface area contributed by atoms with E-state index in [1.54, 1.807) is 0 Å². The summed E-state index contributed by atoms with van der Waals surface area (Å²) in [5.41, 5.74) is 0.283. The molecular formula is C13H23NO2. The van der Waals surface area contributed by atoms with Gasteiger partial charge in [-0.3, -0.25) is 0 Å². The third-order valence-corrected chi connectivity index (χ3v) is 1.60. The summed E-state index contributed by atoms with van der Waals surface area (Å²) < 4.78 is 5.14. The van der Waals surface area contributed by atoms with E-state index in [2.05, 4.69) is 18.8 Å². The molecule has 0 N–H and O–H groups in total. The van der Waals surface area contributed by atoms with Crippen LogP contribution in [0, 0.1) is 5.92 Å². The molecular weight excluding hydrogens is 202 g/mol. The number of hydrogen-bond acceptors (Lipinski definition) is 2. The van der Waals surface area contributed by atoms with Crippen molar-refractivity contribution < 1.29 is 9.53 Å². The maximum Gasteiger partial charge on any atom is 0.434 e. The van der Waals surface area contributed by atoms with Crippen molar-refractivity contribution >= 4 is 11.8 Å². The summed E-state index contributed by atoms with van der Waals surface area (Å²) in [6.07, 6.45) is 4.00. The van der Waals surface area contributed by atoms with Crippen molar-refractivity contribution in [1.29, 1.82) is 0 Å². The Kier molecular flexibility index (Phi) is 6.01. The standard InChI is InChI=1S/C13H23NO2/c1-7-8-11(9-10(2)3)14-12(15)16-13(4,5)6/h7-8,10H,9H2,1-6H3/b8-7-,14-11?. The Bertz CT molecular complexity index is 283. The lowest BCUT2D eigenvalue weighted by Crippen LogP contribution is -2.22. The van der Waals surface area contributed by atoms with Crippen molar-refractivity contribution in [2.75, 3.05) is 0 Å². The fraction of sp³-hybridized carbons (Fsp3) is 0.692. The highest BCUT2D eigenvalue weighted by Gasteiger charge is 2.15. The second-order valence-electron chi connectivity index (χ2n) is 5.18. The van der Waals surface area contributed by atoms with Crippen molar-refractivity contribution in [3.8, 4) is 0 Å². The number of allylic oxidation sites excluding steroid dienone is 2. The van der Waals surface area contributed by atoms with Crippen LogP contribution in [0.15, 0.2) is 17.1 Å². The van der Waals surface area contributed by atoms with Gasteiger partial charge in [0.15, 0.2) is 0 Å². The average Bonchev–Trinajstić information content (AvgIpc) is 1.98. The highest BCUT2D eigenvalue weighted by molar-refractivity contribution is 6.01. The molecule has 0 atom stereocenters. The molecule has 0 spiro atoms. The van der Waals surface area contributed by atoms with Crippen LogP contribution in [0.5, 0.6) is 0 Å². The summed E-state index contributed by atoms with van der Waals surface area (Å²) in [6, 6.07) is 0. The molecule has 0 bridgehead atoms. The van der Waals surface area contributed by atoms with Gasteiger partial charge in [-0.05, 0) is 46.1 Å². The molecule has 0 aliphatic heterocycles. The van der Waals surface area contributed by atoms with E-state index in [0.29, 0.717) is 5.92 Å². The number of carbonyl (C=O) groups is 1. The first-order chi connectivity index (χ1) is 7.24. The first kappa shape index (κ1) is 14.9. The van der Waals surface area contributed by atoms with E-state index >= 15 is 0 Å². The van der Waals surface area contributed by atoms with Crippen LogP contribution in [0.1, 0.15) is 48.0 Å². The maximum atomic E-state index is 11.5. The van der Waals surface area contributed by atoms with E-state index in [9.17, 15) is 4.79 Å². The van der Waals surface area contributed by atoms with E-state index < -0.39 is 11.7 Å². The minimum atomic E-state index is -0.513. The smallest absolute Gasteiger partial charge is 0.434 e. The topological polar surface area (TPSA) is 38.7 Å². The highest BCUT2D eigenvalue weighted by Crippen LogP contribution is 2.10. The van der Waals surface area contributed by atoms with Crippen molar-refractivity contribution in [3.05, 3.63) is 12.2 Å². The first-order valence-electron chi connectivity index (χ1n) is 5.68. The molecule has 3 nitrogen and oxygen atoms in total. The lowest BCUT2D eigenvalue weighted by molar-refractivity contribution is 0.0604. The number of aliphatic imine (C=N–C) groups is 1. The summed E-state index contributed by atoms with van der Waals surface area (Å²) >= 11 is 0. The monoisotopic (exact) mass is 225 g/mol. The van der Waals surface area contributed by atoms with Gasteiger partial charge in [0, 0.05) is 5.71 Å². The molecule has 0 saturated heterocycles. The minimum absolute atomic E-state index is 0.470. The van der Waals surface area contributed by atoms with Crippen molar-refractivity contribution in [1.82, 2.24) is 0 Å². The van der Waals surface area contributed by atoms with Gasteiger partial charge >= 0.3 is 6.09 Å². The van der Waals surface area contributed by atoms with Gasteiger partial charge in [-0.2, -0.15) is 4.99 Å². The van der Waals surface area contributed by atoms with Crippen LogP contribution in [0.4, 0.5) is 4.79 Å². The molecule has 1 amide bonds. The number of ether oxygens (including phenoxy) is 1. The number of amides is 1. The molecule has 0 heterocycles. The summed E-state index contributed by atoms with van der Waals surface area (Å²) in [5.74, 6) is 0.470. The van der Waals surface area contributed by atoms with Crippen LogP contribution in [0.25, 0.3) is 0 Å². The molecule has 0 aromatic heterocycles. The summed E-state index contributed by atoms with van der Waals surface area (Å²) in [5, 5.41) is 0. The maximum absolute atomic E-state index is 11.5.